The number of anilines is 1. The van der Waals surface area contributed by atoms with Crippen LogP contribution in [0.3, 0.4) is 0 Å². The smallest absolute Gasteiger partial charge is 0.416 e. The van der Waals surface area contributed by atoms with Gasteiger partial charge in [0.1, 0.15) is 5.60 Å². The van der Waals surface area contributed by atoms with E-state index in [2.05, 4.69) is 5.32 Å². The number of alkyl halides is 3. The first-order valence-electron chi connectivity index (χ1n) is 11.9. The summed E-state index contributed by atoms with van der Waals surface area (Å²) in [4.78, 5) is 29.6. The summed E-state index contributed by atoms with van der Waals surface area (Å²) in [6.07, 6.45) is -2.93. The van der Waals surface area contributed by atoms with E-state index in [1.54, 1.807) is 6.07 Å². The standard InChI is InChI=1S/C25H36F3N3O3/c1-17(2)24(10-9-19(16-24)29-22(33)34-23(3,4)5)21(32)31-13-11-30(12-14-31)20-8-6-7-18(15-20)25(26,27)28/h6-8,15,17,19H,9-14,16H2,1-5H3,(H,29,33)/t19?,24-/m0/s1. The monoisotopic (exact) mass is 483 g/mol. The molecular weight excluding hydrogens is 447 g/mol. The summed E-state index contributed by atoms with van der Waals surface area (Å²) in [7, 11) is 0. The second kappa shape index (κ2) is 9.66. The third-order valence-electron chi connectivity index (χ3n) is 6.91. The lowest BCUT2D eigenvalue weighted by Gasteiger charge is -2.42. The van der Waals surface area contributed by atoms with Gasteiger partial charge in [-0.15, -0.1) is 0 Å². The second-order valence-corrected chi connectivity index (χ2v) is 10.7. The van der Waals surface area contributed by atoms with Crippen LogP contribution in [-0.4, -0.2) is 54.7 Å². The Morgan fingerprint density at radius 2 is 1.76 bits per heavy atom. The number of rotatable bonds is 4. The molecule has 1 saturated heterocycles. The minimum Gasteiger partial charge on any atom is -0.444 e. The van der Waals surface area contributed by atoms with Crippen molar-refractivity contribution in [2.75, 3.05) is 31.1 Å². The molecule has 1 saturated carbocycles. The normalized spacial score (nSPS) is 23.9. The Morgan fingerprint density at radius 1 is 1.12 bits per heavy atom. The highest BCUT2D eigenvalue weighted by Gasteiger charge is 2.50. The molecule has 1 aliphatic carbocycles. The molecule has 6 nitrogen and oxygen atoms in total. The highest BCUT2D eigenvalue weighted by Crippen LogP contribution is 2.46. The van der Waals surface area contributed by atoms with Crippen LogP contribution < -0.4 is 10.2 Å². The molecule has 1 heterocycles. The molecule has 9 heteroatoms. The molecule has 1 aromatic rings. The Bertz CT molecular complexity index is 889. The first-order chi connectivity index (χ1) is 15.7. The average molecular weight is 484 g/mol. The number of nitrogens with one attached hydrogen (secondary N) is 1. The van der Waals surface area contributed by atoms with Crippen molar-refractivity contribution in [2.24, 2.45) is 11.3 Å². The second-order valence-electron chi connectivity index (χ2n) is 10.7. The van der Waals surface area contributed by atoms with Gasteiger partial charge in [0.25, 0.3) is 0 Å². The van der Waals surface area contributed by atoms with Gasteiger partial charge in [-0.1, -0.05) is 19.9 Å². The van der Waals surface area contributed by atoms with Gasteiger partial charge in [-0.25, -0.2) is 4.79 Å². The van der Waals surface area contributed by atoms with Crippen molar-refractivity contribution in [3.8, 4) is 0 Å². The van der Waals surface area contributed by atoms with E-state index in [0.717, 1.165) is 12.1 Å². The quantitative estimate of drug-likeness (QED) is 0.649. The Morgan fingerprint density at radius 3 is 2.32 bits per heavy atom. The molecule has 0 spiro atoms. The van der Waals surface area contributed by atoms with E-state index in [0.29, 0.717) is 51.1 Å². The van der Waals surface area contributed by atoms with Crippen molar-refractivity contribution in [3.63, 3.8) is 0 Å². The van der Waals surface area contributed by atoms with Crippen LogP contribution in [0, 0.1) is 11.3 Å². The number of amides is 2. The Balaban J connectivity index is 1.63. The highest BCUT2D eigenvalue weighted by molar-refractivity contribution is 5.84. The van der Waals surface area contributed by atoms with Crippen LogP contribution in [0.25, 0.3) is 0 Å². The van der Waals surface area contributed by atoms with Crippen LogP contribution in [0.2, 0.25) is 0 Å². The van der Waals surface area contributed by atoms with Crippen LogP contribution in [0.4, 0.5) is 23.7 Å². The van der Waals surface area contributed by atoms with Crippen molar-refractivity contribution in [3.05, 3.63) is 29.8 Å². The number of piperazine rings is 1. The molecule has 1 aromatic carbocycles. The van der Waals surface area contributed by atoms with Gasteiger partial charge in [-0.2, -0.15) is 13.2 Å². The summed E-state index contributed by atoms with van der Waals surface area (Å²) >= 11 is 0. The predicted octanol–water partition coefficient (Wildman–Crippen LogP) is 5.07. The molecule has 2 amide bonds. The number of hydrogen-bond donors (Lipinski definition) is 1. The van der Waals surface area contributed by atoms with E-state index < -0.39 is 28.8 Å². The molecule has 2 aliphatic rings. The number of hydrogen-bond acceptors (Lipinski definition) is 4. The molecular formula is C25H36F3N3O3. The van der Waals surface area contributed by atoms with Gasteiger partial charge in [-0.05, 0) is 64.2 Å². The van der Waals surface area contributed by atoms with Crippen LogP contribution in [0.1, 0.15) is 59.4 Å². The molecule has 1 N–H and O–H groups in total. The first-order valence-corrected chi connectivity index (χ1v) is 11.9. The predicted molar refractivity (Wildman–Crippen MR) is 125 cm³/mol. The van der Waals surface area contributed by atoms with Gasteiger partial charge < -0.3 is 19.9 Å². The maximum atomic E-state index is 13.7. The van der Waals surface area contributed by atoms with E-state index in [1.807, 2.05) is 44.4 Å². The molecule has 0 aromatic heterocycles. The summed E-state index contributed by atoms with van der Waals surface area (Å²) in [5, 5.41) is 2.92. The van der Waals surface area contributed by atoms with Crippen molar-refractivity contribution < 1.29 is 27.5 Å². The number of carbonyl (C=O) groups excluding carboxylic acids is 2. The van der Waals surface area contributed by atoms with Gasteiger partial charge in [0, 0.05) is 37.9 Å². The molecule has 2 fully saturated rings. The zero-order valence-electron chi connectivity index (χ0n) is 20.7. The van der Waals surface area contributed by atoms with Crippen LogP contribution in [-0.2, 0) is 15.7 Å². The number of alkyl carbamates (subject to hydrolysis) is 1. The lowest BCUT2D eigenvalue weighted by Crippen LogP contribution is -2.54. The summed E-state index contributed by atoms with van der Waals surface area (Å²) in [5.74, 6) is 0.159. The largest absolute Gasteiger partial charge is 0.444 e. The number of benzene rings is 1. The molecule has 3 rings (SSSR count). The Labute approximate surface area is 199 Å². The third kappa shape index (κ3) is 5.96. The zero-order valence-corrected chi connectivity index (χ0v) is 20.7. The molecule has 1 unspecified atom stereocenters. The number of ether oxygens (including phenoxy) is 1. The highest BCUT2D eigenvalue weighted by atomic mass is 19.4. The minimum absolute atomic E-state index is 0.0691. The topological polar surface area (TPSA) is 61.9 Å². The number of halogens is 3. The van der Waals surface area contributed by atoms with Crippen molar-refractivity contribution >= 4 is 17.7 Å². The average Bonchev–Trinajstić information content (AvgIpc) is 3.16. The van der Waals surface area contributed by atoms with Gasteiger partial charge >= 0.3 is 12.3 Å². The van der Waals surface area contributed by atoms with Crippen molar-refractivity contribution in [1.29, 1.82) is 0 Å². The fourth-order valence-electron chi connectivity index (χ4n) is 5.00. The van der Waals surface area contributed by atoms with Gasteiger partial charge in [0.2, 0.25) is 5.91 Å². The van der Waals surface area contributed by atoms with Crippen LogP contribution in [0.5, 0.6) is 0 Å². The number of nitrogens with zero attached hydrogens (tertiary/aromatic N) is 2. The third-order valence-corrected chi connectivity index (χ3v) is 6.91. The van der Waals surface area contributed by atoms with E-state index >= 15 is 0 Å². The molecule has 2 atom stereocenters. The summed E-state index contributed by atoms with van der Waals surface area (Å²) < 4.78 is 44.6. The first kappa shape index (κ1) is 26.2. The minimum atomic E-state index is -4.39. The van der Waals surface area contributed by atoms with Crippen LogP contribution in [0.15, 0.2) is 24.3 Å². The van der Waals surface area contributed by atoms with Gasteiger partial charge in [0.15, 0.2) is 0 Å². The fourth-order valence-corrected chi connectivity index (χ4v) is 5.00. The zero-order chi connectivity index (χ0) is 25.3. The summed E-state index contributed by atoms with van der Waals surface area (Å²) in [6, 6.07) is 5.19. The fraction of sp³-hybridized carbons (Fsp3) is 0.680. The van der Waals surface area contributed by atoms with Gasteiger partial charge in [-0.3, -0.25) is 4.79 Å². The molecule has 190 valence electrons. The molecule has 0 radical (unpaired) electrons. The maximum absolute atomic E-state index is 13.7. The van der Waals surface area contributed by atoms with E-state index in [1.165, 1.54) is 6.07 Å². The van der Waals surface area contributed by atoms with E-state index in [4.69, 9.17) is 4.74 Å². The SMILES string of the molecule is CC(C)[C@]1(C(=O)N2CCN(c3cccc(C(F)(F)F)c3)CC2)CCC(NC(=O)OC(C)(C)C)C1. The van der Waals surface area contributed by atoms with Crippen molar-refractivity contribution in [2.45, 2.75) is 71.7 Å². The lowest BCUT2D eigenvalue weighted by molar-refractivity contribution is -0.145. The molecule has 1 aliphatic heterocycles. The van der Waals surface area contributed by atoms with E-state index in [9.17, 15) is 22.8 Å². The summed E-state index contributed by atoms with van der Waals surface area (Å²) in [6.45, 7) is 11.3. The van der Waals surface area contributed by atoms with E-state index in [-0.39, 0.29) is 17.9 Å². The molecule has 0 bridgehead atoms. The van der Waals surface area contributed by atoms with Crippen molar-refractivity contribution in [1.82, 2.24) is 10.2 Å². The summed E-state index contributed by atoms with van der Waals surface area (Å²) in [5.41, 5.74) is -1.31. The van der Waals surface area contributed by atoms with Gasteiger partial charge in [0.05, 0.1) is 11.0 Å². The Hall–Kier alpha value is -2.45. The Kier molecular flexibility index (Phi) is 7.43. The maximum Gasteiger partial charge on any atom is 0.416 e. The molecule has 34 heavy (non-hydrogen) atoms. The number of carbonyl (C=O) groups is 2. The lowest BCUT2D eigenvalue weighted by atomic mass is 9.74. The van der Waals surface area contributed by atoms with Crippen LogP contribution >= 0.6 is 0 Å².